The number of hydrogen-bond acceptors (Lipinski definition) is 5. The van der Waals surface area contributed by atoms with Crippen molar-refractivity contribution in [3.63, 3.8) is 0 Å². The van der Waals surface area contributed by atoms with Gasteiger partial charge in [0.1, 0.15) is 0 Å². The highest BCUT2D eigenvalue weighted by molar-refractivity contribution is 7.98. The minimum atomic E-state index is 0.240. The van der Waals surface area contributed by atoms with Crippen molar-refractivity contribution in [3.05, 3.63) is 11.0 Å². The molecule has 18 heavy (non-hydrogen) atoms. The maximum absolute atomic E-state index is 5.88. The van der Waals surface area contributed by atoms with Crippen molar-refractivity contribution in [2.75, 3.05) is 29.6 Å². The molecular formula is C12H21ClN4S. The molecule has 3 N–H and O–H groups in total. The summed E-state index contributed by atoms with van der Waals surface area (Å²) in [7, 11) is 0. The Morgan fingerprint density at radius 2 is 1.94 bits per heavy atom. The Balaban J connectivity index is 2.27. The first-order valence-electron chi connectivity index (χ1n) is 6.17. The van der Waals surface area contributed by atoms with E-state index < -0.39 is 0 Å². The van der Waals surface area contributed by atoms with Gasteiger partial charge in [-0.2, -0.15) is 16.7 Å². The molecule has 0 aromatic carbocycles. The second kappa shape index (κ2) is 8.43. The third kappa shape index (κ3) is 5.31. The third-order valence-electron chi connectivity index (χ3n) is 2.68. The molecule has 0 radical (unpaired) electrons. The molecule has 102 valence electrons. The molecule has 0 spiro atoms. The van der Waals surface area contributed by atoms with Gasteiger partial charge in [-0.1, -0.05) is 12.8 Å². The highest BCUT2D eigenvalue weighted by Crippen LogP contribution is 2.20. The van der Waals surface area contributed by atoms with Crippen LogP contribution in [0.1, 0.15) is 31.4 Å². The zero-order chi connectivity index (χ0) is 13.4. The highest BCUT2D eigenvalue weighted by atomic mass is 35.5. The van der Waals surface area contributed by atoms with Gasteiger partial charge in [-0.25, -0.2) is 4.98 Å². The first-order valence-corrected chi connectivity index (χ1v) is 7.94. The van der Waals surface area contributed by atoms with Gasteiger partial charge in [-0.05, 0) is 43.4 Å². The Kier molecular flexibility index (Phi) is 7.20. The van der Waals surface area contributed by atoms with Crippen molar-refractivity contribution in [2.24, 2.45) is 0 Å². The minimum Gasteiger partial charge on any atom is -0.394 e. The van der Waals surface area contributed by atoms with Crippen LogP contribution in [0.25, 0.3) is 0 Å². The first kappa shape index (κ1) is 15.4. The molecule has 4 nitrogen and oxygen atoms in total. The van der Waals surface area contributed by atoms with Gasteiger partial charge in [0, 0.05) is 6.54 Å². The molecule has 0 fully saturated rings. The van der Waals surface area contributed by atoms with Gasteiger partial charge in [0.2, 0.25) is 5.28 Å². The molecule has 0 saturated carbocycles. The lowest BCUT2D eigenvalue weighted by Crippen LogP contribution is -2.08. The largest absolute Gasteiger partial charge is 0.394 e. The van der Waals surface area contributed by atoms with Gasteiger partial charge in [-0.3, -0.25) is 0 Å². The summed E-state index contributed by atoms with van der Waals surface area (Å²) in [5.74, 6) is 1.90. The summed E-state index contributed by atoms with van der Waals surface area (Å²) in [6, 6.07) is 0. The molecule has 0 aliphatic carbocycles. The smallest absolute Gasteiger partial charge is 0.224 e. The lowest BCUT2D eigenvalue weighted by atomic mass is 10.2. The van der Waals surface area contributed by atoms with E-state index in [1.54, 1.807) is 0 Å². The summed E-state index contributed by atoms with van der Waals surface area (Å²) in [5.41, 5.74) is 7.19. The van der Waals surface area contributed by atoms with Crippen LogP contribution in [0.15, 0.2) is 0 Å². The van der Waals surface area contributed by atoms with Crippen molar-refractivity contribution >= 4 is 34.9 Å². The molecule has 1 rings (SSSR count). The molecule has 0 atom stereocenters. The Morgan fingerprint density at radius 1 is 1.22 bits per heavy atom. The summed E-state index contributed by atoms with van der Waals surface area (Å²) in [6.07, 6.45) is 7.06. The van der Waals surface area contributed by atoms with E-state index in [0.29, 0.717) is 11.5 Å². The fraction of sp³-hybridized carbons (Fsp3) is 0.667. The number of aryl methyl sites for hydroxylation is 1. The van der Waals surface area contributed by atoms with Gasteiger partial charge in [0.05, 0.1) is 11.4 Å². The number of aromatic nitrogens is 2. The number of unbranched alkanes of at least 4 members (excludes halogenated alkanes) is 3. The Bertz CT molecular complexity index is 373. The minimum absolute atomic E-state index is 0.240. The van der Waals surface area contributed by atoms with Crippen molar-refractivity contribution in [3.8, 4) is 0 Å². The maximum atomic E-state index is 5.88. The predicted molar refractivity (Wildman–Crippen MR) is 81.5 cm³/mol. The number of nitrogens with two attached hydrogens (primary N) is 1. The molecule has 0 amide bonds. The zero-order valence-corrected chi connectivity index (χ0v) is 12.6. The molecule has 1 heterocycles. The van der Waals surface area contributed by atoms with E-state index in [-0.39, 0.29) is 5.28 Å². The molecule has 1 aromatic heterocycles. The molecule has 0 unspecified atom stereocenters. The number of rotatable bonds is 8. The van der Waals surface area contributed by atoms with Crippen molar-refractivity contribution in [1.29, 1.82) is 0 Å². The van der Waals surface area contributed by atoms with E-state index in [4.69, 9.17) is 17.3 Å². The van der Waals surface area contributed by atoms with Crippen LogP contribution >= 0.6 is 23.4 Å². The van der Waals surface area contributed by atoms with Crippen LogP contribution in [0.4, 0.5) is 11.5 Å². The van der Waals surface area contributed by atoms with E-state index in [1.165, 1.54) is 25.0 Å². The van der Waals surface area contributed by atoms with Crippen LogP contribution in [-0.4, -0.2) is 28.5 Å². The van der Waals surface area contributed by atoms with E-state index in [0.717, 1.165) is 18.7 Å². The van der Waals surface area contributed by atoms with E-state index in [9.17, 15) is 0 Å². The molecule has 0 bridgehead atoms. The highest BCUT2D eigenvalue weighted by Gasteiger charge is 2.06. The summed E-state index contributed by atoms with van der Waals surface area (Å²) in [6.45, 7) is 2.70. The van der Waals surface area contributed by atoms with Gasteiger partial charge >= 0.3 is 0 Å². The lowest BCUT2D eigenvalue weighted by molar-refractivity contribution is 0.688. The number of nitrogens with one attached hydrogen (secondary N) is 1. The van der Waals surface area contributed by atoms with Crippen LogP contribution in [0.2, 0.25) is 5.28 Å². The summed E-state index contributed by atoms with van der Waals surface area (Å²) in [5, 5.41) is 3.46. The third-order valence-corrected chi connectivity index (χ3v) is 3.54. The second-order valence-corrected chi connectivity index (χ2v) is 5.50. The van der Waals surface area contributed by atoms with Gasteiger partial charge in [0.25, 0.3) is 0 Å². The lowest BCUT2D eigenvalue weighted by Gasteiger charge is -2.09. The van der Waals surface area contributed by atoms with Gasteiger partial charge in [-0.15, -0.1) is 0 Å². The van der Waals surface area contributed by atoms with Crippen LogP contribution in [0.5, 0.6) is 0 Å². The normalized spacial score (nSPS) is 10.6. The molecule has 6 heteroatoms. The number of thioether (sulfide) groups is 1. The average Bonchev–Trinajstić information content (AvgIpc) is 2.33. The van der Waals surface area contributed by atoms with E-state index in [1.807, 2.05) is 18.7 Å². The van der Waals surface area contributed by atoms with E-state index >= 15 is 0 Å². The fourth-order valence-corrected chi connectivity index (χ4v) is 2.32. The van der Waals surface area contributed by atoms with Crippen LogP contribution in [0, 0.1) is 6.92 Å². The van der Waals surface area contributed by atoms with Crippen LogP contribution in [0.3, 0.4) is 0 Å². The number of anilines is 2. The maximum Gasteiger partial charge on any atom is 0.224 e. The molecular weight excluding hydrogens is 268 g/mol. The summed E-state index contributed by atoms with van der Waals surface area (Å²) < 4.78 is 0. The van der Waals surface area contributed by atoms with Gasteiger partial charge in [0.15, 0.2) is 5.82 Å². The number of nitrogens with zero attached hydrogens (tertiary/aromatic N) is 2. The van der Waals surface area contributed by atoms with Crippen molar-refractivity contribution < 1.29 is 0 Å². The first-order chi connectivity index (χ1) is 8.65. The van der Waals surface area contributed by atoms with E-state index in [2.05, 4.69) is 21.5 Å². The Hall–Kier alpha value is -0.680. The fourth-order valence-electron chi connectivity index (χ4n) is 1.61. The topological polar surface area (TPSA) is 63.8 Å². The Morgan fingerprint density at radius 3 is 2.67 bits per heavy atom. The second-order valence-electron chi connectivity index (χ2n) is 4.17. The number of nitrogen functional groups attached to an aromatic ring is 1. The zero-order valence-electron chi connectivity index (χ0n) is 11.0. The standard InChI is InChI=1S/C12H21ClN4S/c1-9-10(14)11(17-12(13)16-9)15-7-5-3-4-6-8-18-2/h3-8,14H2,1-2H3,(H,15,16,17). The average molecular weight is 289 g/mol. The molecule has 1 aromatic rings. The van der Waals surface area contributed by atoms with Gasteiger partial charge < -0.3 is 11.1 Å². The van der Waals surface area contributed by atoms with Crippen LogP contribution in [-0.2, 0) is 0 Å². The SMILES string of the molecule is CSCCCCCCNc1nc(Cl)nc(C)c1N. The molecule has 0 aliphatic rings. The van der Waals surface area contributed by atoms with Crippen LogP contribution < -0.4 is 11.1 Å². The summed E-state index contributed by atoms with van der Waals surface area (Å²) in [4.78, 5) is 8.09. The predicted octanol–water partition coefficient (Wildman–Crippen LogP) is 3.36. The van der Waals surface area contributed by atoms with Crippen molar-refractivity contribution in [2.45, 2.75) is 32.6 Å². The monoisotopic (exact) mass is 288 g/mol. The number of hydrogen-bond donors (Lipinski definition) is 2. The van der Waals surface area contributed by atoms with Crippen molar-refractivity contribution in [1.82, 2.24) is 9.97 Å². The summed E-state index contributed by atoms with van der Waals surface area (Å²) >= 11 is 7.70. The molecule has 0 aliphatic heterocycles. The quantitative estimate of drug-likeness (QED) is 0.567. The number of halogens is 1. The molecule has 0 saturated heterocycles. The Labute approximate surface area is 118 Å².